The van der Waals surface area contributed by atoms with E-state index in [4.69, 9.17) is 9.47 Å². The fourth-order valence-corrected chi connectivity index (χ4v) is 3.53. The summed E-state index contributed by atoms with van der Waals surface area (Å²) in [4.78, 5) is 16.9. The summed E-state index contributed by atoms with van der Waals surface area (Å²) >= 11 is 0. The molecule has 0 unspecified atom stereocenters. The van der Waals surface area contributed by atoms with Gasteiger partial charge in [0.05, 0.1) is 6.61 Å². The fraction of sp³-hybridized carbons (Fsp3) is 0.400. The molecule has 0 radical (unpaired) electrons. The molecule has 0 saturated carbocycles. The molecular weight excluding hydrogens is 348 g/mol. The quantitative estimate of drug-likeness (QED) is 0.700. The highest BCUT2D eigenvalue weighted by Gasteiger charge is 2.29. The molecule has 0 saturated heterocycles. The highest BCUT2D eigenvalue weighted by molar-refractivity contribution is 7.91. The molecule has 0 bridgehead atoms. The van der Waals surface area contributed by atoms with E-state index in [1.165, 1.54) is 26.1 Å². The van der Waals surface area contributed by atoms with Crippen LogP contribution >= 0.6 is 0 Å². The molecule has 2 aromatic rings. The van der Waals surface area contributed by atoms with Crippen LogP contribution in [-0.4, -0.2) is 68.5 Å². The highest BCUT2D eigenvalue weighted by Crippen LogP contribution is 2.31. The molecule has 0 aliphatic rings. The van der Waals surface area contributed by atoms with Crippen molar-refractivity contribution in [1.82, 2.24) is 19.7 Å². The van der Waals surface area contributed by atoms with Gasteiger partial charge in [-0.05, 0) is 18.6 Å². The van der Waals surface area contributed by atoms with Crippen LogP contribution in [0.3, 0.4) is 0 Å². The third-order valence-electron chi connectivity index (χ3n) is 3.28. The van der Waals surface area contributed by atoms with Crippen molar-refractivity contribution in [2.75, 3.05) is 34.4 Å². The monoisotopic (exact) mass is 368 g/mol. The molecule has 0 aliphatic heterocycles. The van der Waals surface area contributed by atoms with Gasteiger partial charge in [0.1, 0.15) is 23.6 Å². The van der Waals surface area contributed by atoms with Crippen LogP contribution in [0.1, 0.15) is 5.56 Å². The predicted molar refractivity (Wildman–Crippen MR) is 88.5 cm³/mol. The molecule has 0 aliphatic carbocycles. The Bertz CT molecular complexity index is 861. The number of nitrogens with zero attached hydrogens (tertiary/aromatic N) is 4. The smallest absolute Gasteiger partial charge is 0.345 e. The zero-order chi connectivity index (χ0) is 18.6. The molecule has 2 rings (SSSR count). The first-order valence-corrected chi connectivity index (χ1v) is 8.87. The summed E-state index contributed by atoms with van der Waals surface area (Å²) in [5.74, 6) is 0.187. The van der Waals surface area contributed by atoms with Crippen LogP contribution < -0.4 is 4.74 Å². The van der Waals surface area contributed by atoms with Crippen LogP contribution in [0, 0.1) is 6.92 Å². The Morgan fingerprint density at radius 1 is 1.28 bits per heavy atom. The van der Waals surface area contributed by atoms with Crippen molar-refractivity contribution in [3.05, 3.63) is 30.1 Å². The summed E-state index contributed by atoms with van der Waals surface area (Å²) in [7, 11) is 0.526. The summed E-state index contributed by atoms with van der Waals surface area (Å²) in [6.45, 7) is 2.17. The zero-order valence-electron chi connectivity index (χ0n) is 14.5. The fourth-order valence-electron chi connectivity index (χ4n) is 2.08. The number of hydrogen-bond acceptors (Lipinski definition) is 7. The molecule has 1 heterocycles. The zero-order valence-corrected chi connectivity index (χ0v) is 15.3. The van der Waals surface area contributed by atoms with Gasteiger partial charge >= 0.3 is 6.03 Å². The molecule has 1 aromatic heterocycles. The van der Waals surface area contributed by atoms with Crippen molar-refractivity contribution in [3.63, 3.8) is 0 Å². The average Bonchev–Trinajstić information content (AvgIpc) is 3.04. The van der Waals surface area contributed by atoms with Gasteiger partial charge in [0, 0.05) is 21.2 Å². The maximum Gasteiger partial charge on any atom is 0.345 e. The van der Waals surface area contributed by atoms with Crippen LogP contribution in [-0.2, 0) is 14.6 Å². The van der Waals surface area contributed by atoms with Crippen molar-refractivity contribution in [2.24, 2.45) is 0 Å². The van der Waals surface area contributed by atoms with Crippen LogP contribution in [0.4, 0.5) is 4.79 Å². The minimum absolute atomic E-state index is 0.0267. The topological polar surface area (TPSA) is 104 Å². The second kappa shape index (κ2) is 7.62. The first kappa shape index (κ1) is 18.9. The molecule has 10 heteroatoms. The van der Waals surface area contributed by atoms with E-state index in [9.17, 15) is 13.2 Å². The van der Waals surface area contributed by atoms with Gasteiger partial charge in [-0.15, -0.1) is 5.10 Å². The minimum Gasteiger partial charge on any atom is -0.490 e. The van der Waals surface area contributed by atoms with Crippen molar-refractivity contribution < 1.29 is 22.7 Å². The van der Waals surface area contributed by atoms with Gasteiger partial charge in [0.2, 0.25) is 9.84 Å². The maximum absolute atomic E-state index is 12.9. The lowest BCUT2D eigenvalue weighted by Crippen LogP contribution is -2.27. The van der Waals surface area contributed by atoms with Gasteiger partial charge in [-0.1, -0.05) is 12.1 Å². The predicted octanol–water partition coefficient (Wildman–Crippen LogP) is 0.974. The summed E-state index contributed by atoms with van der Waals surface area (Å²) in [5.41, 5.74) is 0.491. The van der Waals surface area contributed by atoms with Crippen LogP contribution in [0.15, 0.2) is 34.6 Å². The van der Waals surface area contributed by atoms with Gasteiger partial charge in [-0.25, -0.2) is 18.2 Å². The second-order valence-electron chi connectivity index (χ2n) is 5.40. The molecule has 1 amide bonds. The van der Waals surface area contributed by atoms with Crippen molar-refractivity contribution in [1.29, 1.82) is 0 Å². The second-order valence-corrected chi connectivity index (χ2v) is 7.18. The van der Waals surface area contributed by atoms with Gasteiger partial charge in [0.15, 0.2) is 0 Å². The summed E-state index contributed by atoms with van der Waals surface area (Å²) in [5, 5.41) is 3.34. The van der Waals surface area contributed by atoms with E-state index in [2.05, 4.69) is 10.1 Å². The number of amides is 1. The number of benzene rings is 1. The lowest BCUT2D eigenvalue weighted by Gasteiger charge is -2.12. The summed E-state index contributed by atoms with van der Waals surface area (Å²) in [6, 6.07) is 4.39. The lowest BCUT2D eigenvalue weighted by atomic mass is 10.2. The number of sulfone groups is 1. The number of hydrogen-bond donors (Lipinski definition) is 0. The van der Waals surface area contributed by atoms with Crippen molar-refractivity contribution in [3.8, 4) is 5.75 Å². The van der Waals surface area contributed by atoms with Gasteiger partial charge in [-0.2, -0.15) is 4.68 Å². The third-order valence-corrected chi connectivity index (χ3v) is 5.01. The van der Waals surface area contributed by atoms with E-state index in [1.54, 1.807) is 25.1 Å². The summed E-state index contributed by atoms with van der Waals surface area (Å²) < 4.78 is 37.2. The van der Waals surface area contributed by atoms with Gasteiger partial charge in [-0.3, -0.25) is 0 Å². The molecule has 0 spiro atoms. The third kappa shape index (κ3) is 3.97. The molecule has 0 atom stereocenters. The Kier molecular flexibility index (Phi) is 5.75. The summed E-state index contributed by atoms with van der Waals surface area (Å²) in [6.07, 6.45) is 1.07. The number of carbonyl (C=O) groups excluding carboxylic acids is 1. The number of aromatic nitrogens is 3. The number of carbonyl (C=O) groups is 1. The lowest BCUT2D eigenvalue weighted by molar-refractivity contribution is 0.144. The Hall–Kier alpha value is -2.46. The van der Waals surface area contributed by atoms with E-state index >= 15 is 0 Å². The highest BCUT2D eigenvalue weighted by atomic mass is 32.2. The average molecular weight is 368 g/mol. The van der Waals surface area contributed by atoms with Gasteiger partial charge in [0.25, 0.3) is 5.16 Å². The van der Waals surface area contributed by atoms with Crippen molar-refractivity contribution in [2.45, 2.75) is 17.0 Å². The molecular formula is C15H20N4O5S. The van der Waals surface area contributed by atoms with Crippen molar-refractivity contribution >= 4 is 15.9 Å². The normalized spacial score (nSPS) is 11.4. The van der Waals surface area contributed by atoms with Crippen LogP contribution in [0.25, 0.3) is 0 Å². The number of aryl methyl sites for hydroxylation is 1. The van der Waals surface area contributed by atoms with Crippen LogP contribution in [0.5, 0.6) is 5.75 Å². The number of ether oxygens (including phenoxy) is 2. The molecule has 136 valence electrons. The maximum atomic E-state index is 12.9. The van der Waals surface area contributed by atoms with E-state index in [-0.39, 0.29) is 17.3 Å². The van der Waals surface area contributed by atoms with Gasteiger partial charge < -0.3 is 14.4 Å². The Morgan fingerprint density at radius 3 is 2.64 bits per heavy atom. The molecule has 9 nitrogen and oxygen atoms in total. The number of rotatable bonds is 6. The standard InChI is InChI=1S/C15H20N4O5S/c1-11-6-5-7-12(24-9-8-23-4)13(11)25(21,22)14-16-10-19(17-14)15(20)18(2)3/h5-7,10H,8-9H2,1-4H3. The van der Waals surface area contributed by atoms with E-state index in [0.717, 1.165) is 11.0 Å². The Morgan fingerprint density at radius 2 is 2.00 bits per heavy atom. The molecule has 0 fully saturated rings. The SMILES string of the molecule is COCCOc1cccc(C)c1S(=O)(=O)c1ncn(C(=O)N(C)C)n1. The van der Waals surface area contributed by atoms with E-state index in [0.29, 0.717) is 12.2 Å². The van der Waals surface area contributed by atoms with Crippen LogP contribution in [0.2, 0.25) is 0 Å². The molecule has 25 heavy (non-hydrogen) atoms. The molecule has 0 N–H and O–H groups in total. The number of methoxy groups -OCH3 is 1. The first-order valence-electron chi connectivity index (χ1n) is 7.38. The van der Waals surface area contributed by atoms with E-state index in [1.807, 2.05) is 0 Å². The first-order chi connectivity index (χ1) is 11.8. The Balaban J connectivity index is 2.45. The van der Waals surface area contributed by atoms with E-state index < -0.39 is 21.0 Å². The Labute approximate surface area is 146 Å². The molecule has 1 aromatic carbocycles. The largest absolute Gasteiger partial charge is 0.490 e. The minimum atomic E-state index is -4.06.